The lowest BCUT2D eigenvalue weighted by atomic mass is 10.1. The van der Waals surface area contributed by atoms with E-state index in [1.807, 2.05) is 0 Å². The third-order valence-electron chi connectivity index (χ3n) is 10.6. The Morgan fingerprint density at radius 1 is 0.333 bits per heavy atom. The molecular weight excluding hydrogens is 605 g/mol. The molecule has 0 atom stereocenters. The van der Waals surface area contributed by atoms with E-state index in [0.29, 0.717) is 19.3 Å². The van der Waals surface area contributed by atoms with E-state index in [-0.39, 0.29) is 16.2 Å². The Kier molecular flexibility index (Phi) is 35.0. The van der Waals surface area contributed by atoms with Crippen molar-refractivity contribution >= 4 is 24.3 Å². The number of unbranched alkanes of at least 4 members (excludes halogenated alkanes) is 30. The van der Waals surface area contributed by atoms with Gasteiger partial charge in [-0.2, -0.15) is 0 Å². The molecule has 0 aromatic heterocycles. The van der Waals surface area contributed by atoms with Gasteiger partial charge in [0, 0.05) is 19.3 Å². The van der Waals surface area contributed by atoms with E-state index >= 15 is 0 Å². The summed E-state index contributed by atoms with van der Waals surface area (Å²) >= 11 is 0. The Morgan fingerprint density at radius 3 is 0.667 bits per heavy atom. The predicted molar refractivity (Wildman–Crippen MR) is 214 cm³/mol. The summed E-state index contributed by atoms with van der Waals surface area (Å²) in [6.45, 7) is 10.8. The van der Waals surface area contributed by atoms with Gasteiger partial charge >= 0.3 is 8.07 Å². The highest BCUT2D eigenvalue weighted by molar-refractivity contribution is 7.43. The van der Waals surface area contributed by atoms with Gasteiger partial charge in [0.25, 0.3) is 0 Å². The summed E-state index contributed by atoms with van der Waals surface area (Å²) in [5.74, 6) is 0. The summed E-state index contributed by atoms with van der Waals surface area (Å²) in [6.07, 6.45) is 41.6. The molecule has 0 saturated carbocycles. The molecule has 4 heteroatoms. The lowest BCUT2D eigenvalue weighted by Crippen LogP contribution is -2.58. The SMILES string of the molecule is C=C[Si](C(=O)CCCCCCCCCCCCC)(C(=O)CCCCCCCCCCCCC)C(=O)CCCCCCCCCCCCC. The average molecular weight is 689 g/mol. The molecule has 0 radical (unpaired) electrons. The molecular formula is C44H84O3Si. The molecule has 0 aromatic carbocycles. The monoisotopic (exact) mass is 689 g/mol. The van der Waals surface area contributed by atoms with E-state index in [1.165, 1.54) is 154 Å². The van der Waals surface area contributed by atoms with Gasteiger partial charge in [-0.25, -0.2) is 0 Å². The Morgan fingerprint density at radius 2 is 0.500 bits per heavy atom. The van der Waals surface area contributed by atoms with Crippen molar-refractivity contribution in [2.45, 2.75) is 252 Å². The van der Waals surface area contributed by atoms with Crippen molar-refractivity contribution in [3.63, 3.8) is 0 Å². The van der Waals surface area contributed by atoms with Gasteiger partial charge in [0.05, 0.1) is 0 Å². The van der Waals surface area contributed by atoms with Gasteiger partial charge in [-0.15, -0.1) is 6.58 Å². The van der Waals surface area contributed by atoms with Crippen molar-refractivity contribution in [2.75, 3.05) is 0 Å². The van der Waals surface area contributed by atoms with Crippen LogP contribution in [0.25, 0.3) is 0 Å². The predicted octanol–water partition coefficient (Wildman–Crippen LogP) is 14.6. The first kappa shape index (κ1) is 47.0. The Bertz CT molecular complexity index is 667. The fourth-order valence-corrected chi connectivity index (χ4v) is 10.6. The van der Waals surface area contributed by atoms with Crippen molar-refractivity contribution in [3.8, 4) is 0 Å². The summed E-state index contributed by atoms with van der Waals surface area (Å²) in [5.41, 5.74) is 1.58. The van der Waals surface area contributed by atoms with Crippen LogP contribution < -0.4 is 0 Å². The largest absolute Gasteiger partial charge is 0.304 e. The first-order chi connectivity index (χ1) is 23.5. The molecule has 48 heavy (non-hydrogen) atoms. The van der Waals surface area contributed by atoms with Gasteiger partial charge in [-0.1, -0.05) is 219 Å². The van der Waals surface area contributed by atoms with Crippen molar-refractivity contribution < 1.29 is 14.4 Å². The van der Waals surface area contributed by atoms with Crippen LogP contribution in [0.15, 0.2) is 12.3 Å². The van der Waals surface area contributed by atoms with Crippen molar-refractivity contribution in [1.29, 1.82) is 0 Å². The molecule has 0 unspecified atom stereocenters. The maximum Gasteiger partial charge on any atom is 0.300 e. The normalized spacial score (nSPS) is 11.6. The van der Waals surface area contributed by atoms with Crippen LogP contribution in [0.5, 0.6) is 0 Å². The van der Waals surface area contributed by atoms with Crippen LogP contribution in [-0.2, 0) is 14.4 Å². The summed E-state index contributed by atoms with van der Waals surface area (Å²) in [5, 5.41) is -0.140. The number of carbonyl (C=O) groups is 3. The topological polar surface area (TPSA) is 51.2 Å². The van der Waals surface area contributed by atoms with Crippen molar-refractivity contribution in [3.05, 3.63) is 12.3 Å². The van der Waals surface area contributed by atoms with Gasteiger partial charge < -0.3 is 14.4 Å². The lowest BCUT2D eigenvalue weighted by Gasteiger charge is -2.24. The van der Waals surface area contributed by atoms with E-state index in [9.17, 15) is 14.4 Å². The van der Waals surface area contributed by atoms with E-state index in [2.05, 4.69) is 27.4 Å². The molecule has 0 spiro atoms. The van der Waals surface area contributed by atoms with Gasteiger partial charge in [0.15, 0.2) is 0 Å². The van der Waals surface area contributed by atoms with E-state index in [0.717, 1.165) is 57.8 Å². The molecule has 0 aliphatic heterocycles. The third-order valence-corrected chi connectivity index (χ3v) is 14.6. The molecule has 0 heterocycles. The van der Waals surface area contributed by atoms with E-state index in [1.54, 1.807) is 5.70 Å². The molecule has 0 bridgehead atoms. The van der Waals surface area contributed by atoms with Gasteiger partial charge in [-0.3, -0.25) is 0 Å². The van der Waals surface area contributed by atoms with Crippen LogP contribution >= 0.6 is 0 Å². The number of carbonyl (C=O) groups excluding carboxylic acids is 3. The zero-order valence-corrected chi connectivity index (χ0v) is 34.0. The minimum absolute atomic E-state index is 0.0467. The van der Waals surface area contributed by atoms with Gasteiger partial charge in [0.1, 0.15) is 16.2 Å². The summed E-state index contributed by atoms with van der Waals surface area (Å²) in [7, 11) is -3.52. The second-order valence-electron chi connectivity index (χ2n) is 15.1. The molecule has 0 amide bonds. The lowest BCUT2D eigenvalue weighted by molar-refractivity contribution is -0.119. The van der Waals surface area contributed by atoms with Gasteiger partial charge in [0.2, 0.25) is 0 Å². The van der Waals surface area contributed by atoms with Crippen molar-refractivity contribution in [1.82, 2.24) is 0 Å². The highest BCUT2D eigenvalue weighted by Gasteiger charge is 2.51. The van der Waals surface area contributed by atoms with Crippen LogP contribution in [-0.4, -0.2) is 24.3 Å². The minimum atomic E-state index is -3.52. The molecule has 3 nitrogen and oxygen atoms in total. The van der Waals surface area contributed by atoms with E-state index in [4.69, 9.17) is 0 Å². The highest BCUT2D eigenvalue weighted by atomic mass is 28.3. The summed E-state index contributed by atoms with van der Waals surface area (Å²) < 4.78 is 0. The Hall–Kier alpha value is -1.03. The molecule has 282 valence electrons. The molecule has 0 N–H and O–H groups in total. The summed E-state index contributed by atoms with van der Waals surface area (Å²) in [4.78, 5) is 41.4. The zero-order valence-electron chi connectivity index (χ0n) is 33.0. The quantitative estimate of drug-likeness (QED) is 0.0475. The Balaban J connectivity index is 4.74. The number of hydrogen-bond donors (Lipinski definition) is 0. The standard InChI is InChI=1S/C44H84O3Si/c1-5-9-12-15-18-21-24-27-30-33-36-39-42(45)48(8-4,43(46)40-37-34-31-28-25-22-19-16-13-10-6-2)44(47)41-38-35-32-29-26-23-20-17-14-11-7-3/h8H,4-7,9-41H2,1-3H3. The highest BCUT2D eigenvalue weighted by Crippen LogP contribution is 2.23. The van der Waals surface area contributed by atoms with Crippen LogP contribution in [0.1, 0.15) is 252 Å². The molecule has 0 rings (SSSR count). The minimum Gasteiger partial charge on any atom is -0.304 e. The summed E-state index contributed by atoms with van der Waals surface area (Å²) in [6, 6.07) is 0. The molecule has 0 fully saturated rings. The third kappa shape index (κ3) is 25.0. The molecule has 0 aliphatic rings. The zero-order chi connectivity index (χ0) is 35.4. The smallest absolute Gasteiger partial charge is 0.300 e. The van der Waals surface area contributed by atoms with Gasteiger partial charge in [-0.05, 0) is 19.3 Å². The van der Waals surface area contributed by atoms with Crippen LogP contribution in [0.2, 0.25) is 0 Å². The first-order valence-corrected chi connectivity index (χ1v) is 23.8. The van der Waals surface area contributed by atoms with E-state index < -0.39 is 8.07 Å². The fraction of sp³-hybridized carbons (Fsp3) is 0.886. The first-order valence-electron chi connectivity index (χ1n) is 21.7. The second kappa shape index (κ2) is 35.8. The van der Waals surface area contributed by atoms with Crippen LogP contribution in [0.4, 0.5) is 0 Å². The molecule has 0 saturated heterocycles. The van der Waals surface area contributed by atoms with Crippen LogP contribution in [0.3, 0.4) is 0 Å². The molecule has 0 aliphatic carbocycles. The maximum absolute atomic E-state index is 13.8. The van der Waals surface area contributed by atoms with Crippen LogP contribution in [0, 0.1) is 0 Å². The fourth-order valence-electron chi connectivity index (χ4n) is 7.25. The second-order valence-corrected chi connectivity index (χ2v) is 18.8. The number of hydrogen-bond acceptors (Lipinski definition) is 3. The van der Waals surface area contributed by atoms with Crippen molar-refractivity contribution in [2.24, 2.45) is 0 Å². The number of rotatable bonds is 40. The average Bonchev–Trinajstić information content (AvgIpc) is 3.09. The maximum atomic E-state index is 13.8. The Labute approximate surface area is 302 Å². The molecule has 0 aromatic rings.